The van der Waals surface area contributed by atoms with Crippen LogP contribution in [0.1, 0.15) is 43.2 Å². The van der Waals surface area contributed by atoms with Crippen LogP contribution in [0.2, 0.25) is 0 Å². The Labute approximate surface area is 230 Å². The summed E-state index contributed by atoms with van der Waals surface area (Å²) in [7, 11) is -3.35. The minimum Gasteiger partial charge on any atom is -0.379 e. The average Bonchev–Trinajstić information content (AvgIpc) is 2.90. The van der Waals surface area contributed by atoms with Crippen molar-refractivity contribution < 1.29 is 26.7 Å². The minimum atomic E-state index is -3.35. The average molecular weight is 564 g/mol. The minimum absolute atomic E-state index is 0.170. The standard InChI is InChI=1S/C29H39F2N3O4S/c1-3-34(29(35)21-33-14-16-38-17-15-33)26-8-11-32(12-9-26)13-10-28(23-18-24(30)20-25(31)19-23)22-4-6-27(7-5-22)39(2,36)37/h4-7,18-20,26,28H,3,8-17,21H2,1-2H3/t28-/m1/s1. The molecule has 4 rings (SSSR count). The van der Waals surface area contributed by atoms with Gasteiger partial charge in [-0.3, -0.25) is 9.69 Å². The van der Waals surface area contributed by atoms with Gasteiger partial charge >= 0.3 is 0 Å². The highest BCUT2D eigenvalue weighted by molar-refractivity contribution is 7.90. The number of carbonyl (C=O) groups excluding carboxylic acids is 1. The fraction of sp³-hybridized carbons (Fsp3) is 0.552. The van der Waals surface area contributed by atoms with E-state index in [1.54, 1.807) is 24.3 Å². The van der Waals surface area contributed by atoms with E-state index in [-0.39, 0.29) is 22.8 Å². The van der Waals surface area contributed by atoms with Gasteiger partial charge in [0.15, 0.2) is 9.84 Å². The molecule has 2 saturated heterocycles. The summed E-state index contributed by atoms with van der Waals surface area (Å²) in [5.41, 5.74) is 1.34. The molecule has 0 radical (unpaired) electrons. The Morgan fingerprint density at radius 2 is 1.59 bits per heavy atom. The predicted molar refractivity (Wildman–Crippen MR) is 146 cm³/mol. The van der Waals surface area contributed by atoms with Crippen LogP contribution in [0.15, 0.2) is 47.4 Å². The molecular weight excluding hydrogens is 524 g/mol. The molecule has 2 fully saturated rings. The van der Waals surface area contributed by atoms with E-state index in [0.29, 0.717) is 38.3 Å². The summed E-state index contributed by atoms with van der Waals surface area (Å²) in [4.78, 5) is 19.7. The SMILES string of the molecule is CCN(C(=O)CN1CCOCC1)C1CCN(CC[C@H](c2ccc(S(C)(=O)=O)cc2)c2cc(F)cc(F)c2)CC1. The fourth-order valence-electron chi connectivity index (χ4n) is 5.70. The Hall–Kier alpha value is -2.40. The molecule has 0 aliphatic carbocycles. The van der Waals surface area contributed by atoms with Crippen LogP contribution in [0.5, 0.6) is 0 Å². The van der Waals surface area contributed by atoms with Gasteiger partial charge in [0.25, 0.3) is 0 Å². The highest BCUT2D eigenvalue weighted by Crippen LogP contribution is 2.31. The maximum Gasteiger partial charge on any atom is 0.236 e. The van der Waals surface area contributed by atoms with Crippen molar-refractivity contribution in [1.29, 1.82) is 0 Å². The van der Waals surface area contributed by atoms with Gasteiger partial charge in [0, 0.05) is 57.0 Å². The van der Waals surface area contributed by atoms with Crippen molar-refractivity contribution >= 4 is 15.7 Å². The maximum atomic E-state index is 14.1. The Kier molecular flexibility index (Phi) is 10.1. The second-order valence-corrected chi connectivity index (χ2v) is 12.5. The van der Waals surface area contributed by atoms with Gasteiger partial charge in [0.05, 0.1) is 24.7 Å². The summed E-state index contributed by atoms with van der Waals surface area (Å²) in [6.45, 7) is 8.45. The Morgan fingerprint density at radius 1 is 0.974 bits per heavy atom. The van der Waals surface area contributed by atoms with E-state index in [1.165, 1.54) is 12.1 Å². The number of carbonyl (C=O) groups is 1. The van der Waals surface area contributed by atoms with Crippen LogP contribution in [-0.4, -0.2) is 100 Å². The summed E-state index contributed by atoms with van der Waals surface area (Å²) in [5, 5.41) is 0. The molecule has 2 aliphatic rings. The van der Waals surface area contributed by atoms with Crippen molar-refractivity contribution in [2.24, 2.45) is 0 Å². The number of halogens is 2. The van der Waals surface area contributed by atoms with Gasteiger partial charge in [-0.05, 0) is 68.1 Å². The third-order valence-corrected chi connectivity index (χ3v) is 8.98. The Balaban J connectivity index is 1.39. The van der Waals surface area contributed by atoms with E-state index in [9.17, 15) is 22.0 Å². The second-order valence-electron chi connectivity index (χ2n) is 10.5. The number of rotatable bonds is 10. The maximum absolute atomic E-state index is 14.1. The molecule has 7 nitrogen and oxygen atoms in total. The molecule has 0 aromatic heterocycles. The highest BCUT2D eigenvalue weighted by atomic mass is 32.2. The molecule has 39 heavy (non-hydrogen) atoms. The first-order chi connectivity index (χ1) is 18.6. The third-order valence-electron chi connectivity index (χ3n) is 7.85. The monoisotopic (exact) mass is 563 g/mol. The van der Waals surface area contributed by atoms with E-state index < -0.39 is 21.5 Å². The van der Waals surface area contributed by atoms with Crippen LogP contribution in [0.3, 0.4) is 0 Å². The molecule has 0 spiro atoms. The normalized spacial score (nSPS) is 18.7. The molecule has 0 saturated carbocycles. The van der Waals surface area contributed by atoms with Gasteiger partial charge < -0.3 is 14.5 Å². The molecule has 0 bridgehead atoms. The molecule has 0 unspecified atom stereocenters. The van der Waals surface area contributed by atoms with Gasteiger partial charge in [-0.25, -0.2) is 17.2 Å². The lowest BCUT2D eigenvalue weighted by atomic mass is 9.88. The van der Waals surface area contributed by atoms with Gasteiger partial charge in [-0.1, -0.05) is 12.1 Å². The van der Waals surface area contributed by atoms with E-state index >= 15 is 0 Å². The number of likely N-dealkylation sites (N-methyl/N-ethyl adjacent to an activating group) is 1. The zero-order valence-corrected chi connectivity index (χ0v) is 23.6. The zero-order chi connectivity index (χ0) is 28.0. The lowest BCUT2D eigenvalue weighted by Gasteiger charge is -2.39. The predicted octanol–water partition coefficient (Wildman–Crippen LogP) is 3.54. The van der Waals surface area contributed by atoms with Gasteiger partial charge in [0.2, 0.25) is 5.91 Å². The van der Waals surface area contributed by atoms with E-state index in [1.807, 2.05) is 11.8 Å². The number of benzene rings is 2. The van der Waals surface area contributed by atoms with Gasteiger partial charge in [-0.15, -0.1) is 0 Å². The number of amides is 1. The van der Waals surface area contributed by atoms with Crippen LogP contribution in [0, 0.1) is 11.6 Å². The molecule has 1 amide bonds. The van der Waals surface area contributed by atoms with Crippen molar-refractivity contribution in [3.8, 4) is 0 Å². The van der Waals surface area contributed by atoms with Crippen LogP contribution in [0.4, 0.5) is 8.78 Å². The van der Waals surface area contributed by atoms with Crippen molar-refractivity contribution in [1.82, 2.24) is 14.7 Å². The first-order valence-corrected chi connectivity index (χ1v) is 15.6. The lowest BCUT2D eigenvalue weighted by Crippen LogP contribution is -2.51. The largest absolute Gasteiger partial charge is 0.379 e. The lowest BCUT2D eigenvalue weighted by molar-refractivity contribution is -0.136. The first-order valence-electron chi connectivity index (χ1n) is 13.7. The second kappa shape index (κ2) is 13.3. The number of piperidine rings is 1. The van der Waals surface area contributed by atoms with Crippen LogP contribution < -0.4 is 0 Å². The quantitative estimate of drug-likeness (QED) is 0.441. The van der Waals surface area contributed by atoms with E-state index in [4.69, 9.17) is 4.74 Å². The number of sulfone groups is 1. The number of nitrogens with zero attached hydrogens (tertiary/aromatic N) is 3. The summed E-state index contributed by atoms with van der Waals surface area (Å²) in [5.74, 6) is -1.39. The molecular formula is C29H39F2N3O4S. The summed E-state index contributed by atoms with van der Waals surface area (Å²) >= 11 is 0. The molecule has 0 N–H and O–H groups in total. The third kappa shape index (κ3) is 8.06. The number of morpholine rings is 1. The molecule has 10 heteroatoms. The summed E-state index contributed by atoms with van der Waals surface area (Å²) in [6, 6.07) is 10.3. The van der Waals surface area contributed by atoms with E-state index in [0.717, 1.165) is 63.5 Å². The molecule has 2 aromatic rings. The zero-order valence-electron chi connectivity index (χ0n) is 22.8. The summed E-state index contributed by atoms with van der Waals surface area (Å²) < 4.78 is 57.4. The van der Waals surface area contributed by atoms with Gasteiger partial charge in [0.1, 0.15) is 11.6 Å². The smallest absolute Gasteiger partial charge is 0.236 e. The highest BCUT2D eigenvalue weighted by Gasteiger charge is 2.29. The topological polar surface area (TPSA) is 70.2 Å². The molecule has 2 aliphatic heterocycles. The number of ether oxygens (including phenoxy) is 1. The molecule has 214 valence electrons. The number of hydrogen-bond donors (Lipinski definition) is 0. The van der Waals surface area contributed by atoms with Crippen molar-refractivity contribution in [2.45, 2.75) is 43.0 Å². The van der Waals surface area contributed by atoms with Crippen molar-refractivity contribution in [3.05, 3.63) is 65.2 Å². The van der Waals surface area contributed by atoms with Crippen molar-refractivity contribution in [3.63, 3.8) is 0 Å². The van der Waals surface area contributed by atoms with Crippen LogP contribution >= 0.6 is 0 Å². The van der Waals surface area contributed by atoms with E-state index in [2.05, 4.69) is 9.80 Å². The van der Waals surface area contributed by atoms with Crippen molar-refractivity contribution in [2.75, 3.05) is 65.3 Å². The Bertz CT molecular complexity index is 1190. The van der Waals surface area contributed by atoms with Crippen LogP contribution in [-0.2, 0) is 19.4 Å². The molecule has 2 heterocycles. The fourth-order valence-corrected chi connectivity index (χ4v) is 6.33. The molecule has 2 aromatic carbocycles. The summed E-state index contributed by atoms with van der Waals surface area (Å²) in [6.07, 6.45) is 3.54. The number of likely N-dealkylation sites (tertiary alicyclic amines) is 1. The Morgan fingerprint density at radius 3 is 2.15 bits per heavy atom. The molecule has 1 atom stereocenters. The van der Waals surface area contributed by atoms with Crippen LogP contribution in [0.25, 0.3) is 0 Å². The first kappa shape index (κ1) is 29.6. The number of hydrogen-bond acceptors (Lipinski definition) is 6. The van der Waals surface area contributed by atoms with Gasteiger partial charge in [-0.2, -0.15) is 0 Å².